The van der Waals surface area contributed by atoms with Gasteiger partial charge in [0.2, 0.25) is 5.91 Å². The summed E-state index contributed by atoms with van der Waals surface area (Å²) in [5.41, 5.74) is 0.903. The van der Waals surface area contributed by atoms with Crippen molar-refractivity contribution in [3.63, 3.8) is 0 Å². The molecule has 8 heteroatoms. The van der Waals surface area contributed by atoms with E-state index in [4.69, 9.17) is 0 Å². The van der Waals surface area contributed by atoms with Gasteiger partial charge >= 0.3 is 0 Å². The summed E-state index contributed by atoms with van der Waals surface area (Å²) in [5.74, 6) is 2.18. The highest BCUT2D eigenvalue weighted by Gasteiger charge is 2.15. The summed E-state index contributed by atoms with van der Waals surface area (Å²) in [6.07, 6.45) is 0.119. The first-order valence-corrected chi connectivity index (χ1v) is 7.27. The molecular weight excluding hydrogens is 294 g/mol. The number of carbonyl (C=O) groups is 1. The number of aromatic nitrogens is 6. The third-order valence-corrected chi connectivity index (χ3v) is 3.27. The number of benzene rings is 1. The van der Waals surface area contributed by atoms with Gasteiger partial charge in [0, 0.05) is 5.56 Å². The Morgan fingerprint density at radius 3 is 2.65 bits per heavy atom. The number of aryl methyl sites for hydroxylation is 1. The van der Waals surface area contributed by atoms with Gasteiger partial charge < -0.3 is 5.32 Å². The normalized spacial score (nSPS) is 12.1. The Morgan fingerprint density at radius 2 is 1.96 bits per heavy atom. The van der Waals surface area contributed by atoms with Crippen LogP contribution in [0.3, 0.4) is 0 Å². The van der Waals surface area contributed by atoms with E-state index in [0.29, 0.717) is 23.3 Å². The molecule has 0 aliphatic carbocycles. The molecule has 0 aliphatic heterocycles. The molecule has 1 amide bonds. The molecule has 2 heterocycles. The lowest BCUT2D eigenvalue weighted by Gasteiger charge is -2.09. The first kappa shape index (κ1) is 14.9. The average molecular weight is 311 g/mol. The van der Waals surface area contributed by atoms with E-state index < -0.39 is 0 Å². The lowest BCUT2D eigenvalue weighted by Crippen LogP contribution is -2.29. The number of aromatic amines is 2. The molecule has 3 rings (SSSR count). The van der Waals surface area contributed by atoms with Crippen LogP contribution in [-0.2, 0) is 11.2 Å². The average Bonchev–Trinajstić information content (AvgIpc) is 3.17. The highest BCUT2D eigenvalue weighted by molar-refractivity contribution is 5.78. The van der Waals surface area contributed by atoms with Crippen molar-refractivity contribution in [2.45, 2.75) is 26.3 Å². The quantitative estimate of drug-likeness (QED) is 0.658. The smallest absolute Gasteiger partial charge is 0.228 e. The minimum atomic E-state index is -0.274. The molecular formula is C15H17N7O. The number of rotatable bonds is 5. The molecule has 0 saturated carbocycles. The second-order valence-electron chi connectivity index (χ2n) is 5.22. The Bertz CT molecular complexity index is 793. The Hall–Kier alpha value is -3.03. The molecule has 0 fully saturated rings. The lowest BCUT2D eigenvalue weighted by atomic mass is 10.2. The fraction of sp³-hybridized carbons (Fsp3) is 0.267. The van der Waals surface area contributed by atoms with Gasteiger partial charge in [0.15, 0.2) is 11.6 Å². The number of hydrogen-bond donors (Lipinski definition) is 3. The highest BCUT2D eigenvalue weighted by Crippen LogP contribution is 2.13. The van der Waals surface area contributed by atoms with E-state index >= 15 is 0 Å². The van der Waals surface area contributed by atoms with Gasteiger partial charge in [-0.05, 0) is 13.8 Å². The van der Waals surface area contributed by atoms with Crippen LogP contribution in [0.2, 0.25) is 0 Å². The van der Waals surface area contributed by atoms with Crippen molar-refractivity contribution >= 4 is 5.91 Å². The van der Waals surface area contributed by atoms with Crippen LogP contribution in [0.4, 0.5) is 0 Å². The maximum Gasteiger partial charge on any atom is 0.228 e. The van der Waals surface area contributed by atoms with Gasteiger partial charge in [-0.15, -0.1) is 0 Å². The fourth-order valence-electron chi connectivity index (χ4n) is 2.15. The summed E-state index contributed by atoms with van der Waals surface area (Å²) in [4.78, 5) is 20.6. The minimum absolute atomic E-state index is 0.119. The van der Waals surface area contributed by atoms with Gasteiger partial charge in [-0.3, -0.25) is 15.0 Å². The van der Waals surface area contributed by atoms with Gasteiger partial charge in [-0.1, -0.05) is 30.3 Å². The predicted molar refractivity (Wildman–Crippen MR) is 83.2 cm³/mol. The largest absolute Gasteiger partial charge is 0.346 e. The topological polar surface area (TPSA) is 112 Å². The summed E-state index contributed by atoms with van der Waals surface area (Å²) in [7, 11) is 0. The molecule has 1 aromatic carbocycles. The van der Waals surface area contributed by atoms with Gasteiger partial charge in [-0.25, -0.2) is 9.97 Å². The molecule has 1 unspecified atom stereocenters. The van der Waals surface area contributed by atoms with Crippen molar-refractivity contribution in [3.05, 3.63) is 47.8 Å². The summed E-state index contributed by atoms with van der Waals surface area (Å²) in [5, 5.41) is 16.5. The van der Waals surface area contributed by atoms with Gasteiger partial charge in [-0.2, -0.15) is 10.2 Å². The second-order valence-corrected chi connectivity index (χ2v) is 5.22. The summed E-state index contributed by atoms with van der Waals surface area (Å²) >= 11 is 0. The Kier molecular flexibility index (Phi) is 4.13. The van der Waals surface area contributed by atoms with E-state index in [9.17, 15) is 4.79 Å². The van der Waals surface area contributed by atoms with Crippen molar-refractivity contribution in [3.8, 4) is 11.4 Å². The molecule has 3 aromatic rings. The molecule has 0 radical (unpaired) electrons. The maximum atomic E-state index is 12.1. The standard InChI is InChI=1S/C15H17N7O/c1-9(14-17-10(2)19-21-14)16-13(23)8-12-18-15(22-20-12)11-6-4-3-5-7-11/h3-7,9H,8H2,1-2H3,(H,16,23)(H,17,19,21)(H,18,20,22). The number of H-pyrrole nitrogens is 2. The molecule has 1 atom stereocenters. The SMILES string of the molecule is Cc1nc(C(C)NC(=O)Cc2nc(-c3ccccc3)n[nH]2)n[nH]1. The van der Waals surface area contributed by atoms with E-state index in [2.05, 4.69) is 35.7 Å². The zero-order chi connectivity index (χ0) is 16.2. The summed E-state index contributed by atoms with van der Waals surface area (Å²) < 4.78 is 0. The van der Waals surface area contributed by atoms with Crippen molar-refractivity contribution in [1.29, 1.82) is 0 Å². The van der Waals surface area contributed by atoms with Crippen LogP contribution in [0.25, 0.3) is 11.4 Å². The van der Waals surface area contributed by atoms with Crippen LogP contribution < -0.4 is 5.32 Å². The van der Waals surface area contributed by atoms with E-state index in [1.807, 2.05) is 44.2 Å². The zero-order valence-corrected chi connectivity index (χ0v) is 12.9. The summed E-state index contributed by atoms with van der Waals surface area (Å²) in [6, 6.07) is 9.32. The van der Waals surface area contributed by atoms with E-state index in [1.165, 1.54) is 0 Å². The maximum absolute atomic E-state index is 12.1. The van der Waals surface area contributed by atoms with Crippen LogP contribution >= 0.6 is 0 Å². The molecule has 0 spiro atoms. The fourth-order valence-corrected chi connectivity index (χ4v) is 2.15. The van der Waals surface area contributed by atoms with Gasteiger partial charge in [0.05, 0.1) is 12.5 Å². The zero-order valence-electron chi connectivity index (χ0n) is 12.9. The van der Waals surface area contributed by atoms with Gasteiger partial charge in [0.1, 0.15) is 11.6 Å². The van der Waals surface area contributed by atoms with Crippen LogP contribution in [0, 0.1) is 6.92 Å². The molecule has 8 nitrogen and oxygen atoms in total. The van der Waals surface area contributed by atoms with E-state index in [1.54, 1.807) is 0 Å². The number of amides is 1. The summed E-state index contributed by atoms with van der Waals surface area (Å²) in [6.45, 7) is 3.64. The van der Waals surface area contributed by atoms with Crippen molar-refractivity contribution < 1.29 is 4.79 Å². The van der Waals surface area contributed by atoms with Crippen molar-refractivity contribution in [2.75, 3.05) is 0 Å². The first-order valence-electron chi connectivity index (χ1n) is 7.27. The Morgan fingerprint density at radius 1 is 1.17 bits per heavy atom. The number of hydrogen-bond acceptors (Lipinski definition) is 5. The van der Waals surface area contributed by atoms with Crippen LogP contribution in [0.15, 0.2) is 30.3 Å². The molecule has 0 aliphatic rings. The molecule has 23 heavy (non-hydrogen) atoms. The van der Waals surface area contributed by atoms with Gasteiger partial charge in [0.25, 0.3) is 0 Å². The van der Waals surface area contributed by atoms with Crippen LogP contribution in [-0.4, -0.2) is 36.3 Å². The highest BCUT2D eigenvalue weighted by atomic mass is 16.1. The second kappa shape index (κ2) is 6.39. The van der Waals surface area contributed by atoms with Crippen LogP contribution in [0.1, 0.15) is 30.4 Å². The van der Waals surface area contributed by atoms with Crippen molar-refractivity contribution in [1.82, 2.24) is 35.7 Å². The van der Waals surface area contributed by atoms with E-state index in [0.717, 1.165) is 5.56 Å². The van der Waals surface area contributed by atoms with Crippen molar-refractivity contribution in [2.24, 2.45) is 0 Å². The number of nitrogens with zero attached hydrogens (tertiary/aromatic N) is 4. The molecule has 0 saturated heterocycles. The first-order chi connectivity index (χ1) is 11.1. The third kappa shape index (κ3) is 3.60. The Balaban J connectivity index is 1.61. The number of carbonyl (C=O) groups excluding carboxylic acids is 1. The number of nitrogens with one attached hydrogen (secondary N) is 3. The minimum Gasteiger partial charge on any atom is -0.346 e. The lowest BCUT2D eigenvalue weighted by molar-refractivity contribution is -0.121. The van der Waals surface area contributed by atoms with Crippen LogP contribution in [0.5, 0.6) is 0 Å². The molecule has 0 bridgehead atoms. The van der Waals surface area contributed by atoms with E-state index in [-0.39, 0.29) is 18.4 Å². The molecule has 2 aromatic heterocycles. The Labute approximate surface area is 132 Å². The predicted octanol–water partition coefficient (Wildman–Crippen LogP) is 1.32. The monoisotopic (exact) mass is 311 g/mol. The molecule has 3 N–H and O–H groups in total. The third-order valence-electron chi connectivity index (χ3n) is 3.27. The molecule has 118 valence electrons.